The fourth-order valence-corrected chi connectivity index (χ4v) is 5.46. The Morgan fingerprint density at radius 3 is 2.48 bits per heavy atom. The Morgan fingerprint density at radius 2 is 1.76 bits per heavy atom. The summed E-state index contributed by atoms with van der Waals surface area (Å²) in [5.74, 6) is -0.375. The van der Waals surface area contributed by atoms with Crippen molar-refractivity contribution in [2.24, 2.45) is 0 Å². The Balaban J connectivity index is 1.60. The van der Waals surface area contributed by atoms with Crippen LogP contribution >= 0.6 is 11.6 Å². The molecule has 0 bridgehead atoms. The van der Waals surface area contributed by atoms with Crippen LogP contribution in [0.2, 0.25) is 5.02 Å². The number of hydrogen-bond donors (Lipinski definition) is 2. The average Bonchev–Trinajstić information content (AvgIpc) is 3.38. The molecule has 0 unspecified atom stereocenters. The number of carbonyl (C=O) groups excluding carboxylic acids is 1. The minimum atomic E-state index is -3.70. The molecule has 1 aliphatic heterocycles. The average molecular weight is 485 g/mol. The Labute approximate surface area is 198 Å². The van der Waals surface area contributed by atoms with Crippen molar-refractivity contribution in [1.29, 1.82) is 0 Å². The van der Waals surface area contributed by atoms with Crippen LogP contribution in [0, 0.1) is 0 Å². The molecule has 1 amide bonds. The lowest BCUT2D eigenvalue weighted by atomic mass is 10.1. The summed E-state index contributed by atoms with van der Waals surface area (Å²) >= 11 is 6.25. The van der Waals surface area contributed by atoms with Gasteiger partial charge in [0.2, 0.25) is 10.0 Å². The van der Waals surface area contributed by atoms with Crippen LogP contribution in [0.1, 0.15) is 34.5 Å². The van der Waals surface area contributed by atoms with Gasteiger partial charge in [-0.2, -0.15) is 4.31 Å². The van der Waals surface area contributed by atoms with Gasteiger partial charge in [0.15, 0.2) is 0 Å². The van der Waals surface area contributed by atoms with Crippen molar-refractivity contribution in [3.8, 4) is 0 Å². The highest BCUT2D eigenvalue weighted by Gasteiger charge is 2.28. The van der Waals surface area contributed by atoms with Gasteiger partial charge in [-0.3, -0.25) is 9.78 Å². The second kappa shape index (κ2) is 10.3. The number of benzene rings is 2. The first-order chi connectivity index (χ1) is 15.9. The van der Waals surface area contributed by atoms with E-state index >= 15 is 0 Å². The molecule has 9 heteroatoms. The summed E-state index contributed by atoms with van der Waals surface area (Å²) in [4.78, 5) is 17.2. The molecule has 2 aromatic carbocycles. The summed E-state index contributed by atoms with van der Waals surface area (Å²) in [7, 11) is -3.70. The van der Waals surface area contributed by atoms with Crippen molar-refractivity contribution in [2.75, 3.05) is 18.4 Å². The number of hydrogen-bond acceptors (Lipinski definition) is 5. The molecule has 1 saturated heterocycles. The topological polar surface area (TPSA) is 91.4 Å². The van der Waals surface area contributed by atoms with Gasteiger partial charge in [-0.15, -0.1) is 0 Å². The molecule has 2 heterocycles. The van der Waals surface area contributed by atoms with E-state index in [0.717, 1.165) is 18.4 Å². The molecule has 0 radical (unpaired) electrons. The van der Waals surface area contributed by atoms with Gasteiger partial charge in [0.25, 0.3) is 5.91 Å². The summed E-state index contributed by atoms with van der Waals surface area (Å²) in [5.41, 5.74) is 2.36. The van der Waals surface area contributed by atoms with E-state index in [1.54, 1.807) is 30.5 Å². The van der Waals surface area contributed by atoms with Crippen molar-refractivity contribution in [2.45, 2.75) is 30.8 Å². The lowest BCUT2D eigenvalue weighted by Gasteiger charge is -2.18. The quantitative estimate of drug-likeness (QED) is 0.503. The van der Waals surface area contributed by atoms with Crippen LogP contribution < -0.4 is 10.6 Å². The highest BCUT2D eigenvalue weighted by atomic mass is 35.5. The second-order valence-electron chi connectivity index (χ2n) is 7.81. The summed E-state index contributed by atoms with van der Waals surface area (Å²) in [6, 6.07) is 17.5. The predicted molar refractivity (Wildman–Crippen MR) is 129 cm³/mol. The minimum absolute atomic E-state index is 0.0940. The molecule has 33 heavy (non-hydrogen) atoms. The normalized spacial score (nSPS) is 14.2. The van der Waals surface area contributed by atoms with Gasteiger partial charge >= 0.3 is 0 Å². The van der Waals surface area contributed by atoms with Crippen LogP contribution in [0.25, 0.3) is 0 Å². The highest BCUT2D eigenvalue weighted by Crippen LogP contribution is 2.26. The second-order valence-corrected chi connectivity index (χ2v) is 10.2. The Kier molecular flexibility index (Phi) is 7.27. The molecular weight excluding hydrogens is 460 g/mol. The molecule has 1 fully saturated rings. The van der Waals surface area contributed by atoms with Gasteiger partial charge in [0, 0.05) is 42.1 Å². The van der Waals surface area contributed by atoms with Crippen LogP contribution in [0.3, 0.4) is 0 Å². The lowest BCUT2D eigenvalue weighted by molar-refractivity contribution is 0.0950. The summed E-state index contributed by atoms with van der Waals surface area (Å²) < 4.78 is 27.9. The van der Waals surface area contributed by atoms with E-state index in [1.807, 2.05) is 30.3 Å². The first kappa shape index (κ1) is 23.2. The number of nitrogens with one attached hydrogen (secondary N) is 2. The molecule has 0 atom stereocenters. The van der Waals surface area contributed by atoms with E-state index in [1.165, 1.54) is 10.4 Å². The van der Waals surface area contributed by atoms with E-state index in [9.17, 15) is 13.2 Å². The largest absolute Gasteiger partial charge is 0.381 e. The van der Waals surface area contributed by atoms with Crippen LogP contribution in [-0.4, -0.2) is 36.7 Å². The third-order valence-corrected chi connectivity index (χ3v) is 7.71. The number of nitrogens with zero attached hydrogens (tertiary/aromatic N) is 2. The fourth-order valence-electron chi connectivity index (χ4n) is 3.67. The first-order valence-corrected chi connectivity index (χ1v) is 12.6. The van der Waals surface area contributed by atoms with E-state index < -0.39 is 10.0 Å². The van der Waals surface area contributed by atoms with E-state index in [2.05, 4.69) is 15.6 Å². The van der Waals surface area contributed by atoms with Crippen LogP contribution in [-0.2, 0) is 23.1 Å². The molecular formula is C24H25ClN4O3S. The maximum atomic E-state index is 13.2. The third-order valence-electron chi connectivity index (χ3n) is 5.47. The molecule has 0 spiro atoms. The number of amides is 1. The number of rotatable bonds is 8. The molecule has 7 nitrogen and oxygen atoms in total. The van der Waals surface area contributed by atoms with E-state index in [0.29, 0.717) is 36.0 Å². The number of sulfonamides is 1. The monoisotopic (exact) mass is 484 g/mol. The van der Waals surface area contributed by atoms with E-state index in [-0.39, 0.29) is 22.9 Å². The summed E-state index contributed by atoms with van der Waals surface area (Å²) in [5, 5.41) is 6.64. The van der Waals surface area contributed by atoms with Crippen molar-refractivity contribution >= 4 is 33.2 Å². The predicted octanol–water partition coefficient (Wildman–Crippen LogP) is 4.06. The van der Waals surface area contributed by atoms with Gasteiger partial charge in [-0.1, -0.05) is 35.9 Å². The molecule has 4 rings (SSSR count). The first-order valence-electron chi connectivity index (χ1n) is 10.7. The molecule has 1 aromatic heterocycles. The zero-order chi connectivity index (χ0) is 23.3. The molecule has 0 saturated carbocycles. The van der Waals surface area contributed by atoms with Crippen LogP contribution in [0.15, 0.2) is 71.8 Å². The van der Waals surface area contributed by atoms with Gasteiger partial charge in [-0.05, 0) is 54.8 Å². The maximum absolute atomic E-state index is 13.2. The number of halogens is 1. The standard InChI is InChI=1S/C24H25ClN4O3S/c25-23-9-2-1-7-18(23)16-27-21-13-19(24(30)28-17-20-8-3-4-10-26-20)14-22(15-21)33(31,32)29-11-5-6-12-29/h1-4,7-10,13-15,27H,5-6,11-12,16-17H2,(H,28,30). The van der Waals surface area contributed by atoms with Crippen LogP contribution in [0.5, 0.6) is 0 Å². The Hall–Kier alpha value is -2.94. The minimum Gasteiger partial charge on any atom is -0.381 e. The summed E-state index contributed by atoms with van der Waals surface area (Å²) in [6.45, 7) is 1.61. The van der Waals surface area contributed by atoms with Crippen molar-refractivity contribution in [3.05, 3.63) is 88.7 Å². The smallest absolute Gasteiger partial charge is 0.251 e. The lowest BCUT2D eigenvalue weighted by Crippen LogP contribution is -2.29. The molecule has 172 valence electrons. The van der Waals surface area contributed by atoms with Gasteiger partial charge in [-0.25, -0.2) is 8.42 Å². The van der Waals surface area contributed by atoms with Gasteiger partial charge < -0.3 is 10.6 Å². The number of anilines is 1. The molecule has 2 N–H and O–H groups in total. The Bertz CT molecular complexity index is 1230. The Morgan fingerprint density at radius 1 is 1.00 bits per heavy atom. The van der Waals surface area contributed by atoms with Crippen molar-refractivity contribution in [3.63, 3.8) is 0 Å². The molecule has 0 aliphatic carbocycles. The maximum Gasteiger partial charge on any atom is 0.251 e. The van der Waals surface area contributed by atoms with Crippen molar-refractivity contribution in [1.82, 2.24) is 14.6 Å². The van der Waals surface area contributed by atoms with Gasteiger partial charge in [0.05, 0.1) is 17.1 Å². The van der Waals surface area contributed by atoms with Crippen LogP contribution in [0.4, 0.5) is 5.69 Å². The van der Waals surface area contributed by atoms with Gasteiger partial charge in [0.1, 0.15) is 0 Å². The molecule has 1 aliphatic rings. The fraction of sp³-hybridized carbons (Fsp3) is 0.250. The number of pyridine rings is 1. The third kappa shape index (κ3) is 5.71. The molecule has 3 aromatic rings. The van der Waals surface area contributed by atoms with E-state index in [4.69, 9.17) is 11.6 Å². The number of aromatic nitrogens is 1. The highest BCUT2D eigenvalue weighted by molar-refractivity contribution is 7.89. The summed E-state index contributed by atoms with van der Waals surface area (Å²) in [6.07, 6.45) is 3.32. The number of carbonyl (C=O) groups is 1. The SMILES string of the molecule is O=C(NCc1ccccn1)c1cc(NCc2ccccc2Cl)cc(S(=O)(=O)N2CCCC2)c1. The zero-order valence-electron chi connectivity index (χ0n) is 18.0. The zero-order valence-corrected chi connectivity index (χ0v) is 19.6. The van der Waals surface area contributed by atoms with Crippen molar-refractivity contribution < 1.29 is 13.2 Å².